The largest absolute Gasteiger partial charge is 0.493 e. The number of ether oxygens (including phenoxy) is 1. The molecule has 1 aliphatic rings. The lowest BCUT2D eigenvalue weighted by Crippen LogP contribution is -2.40. The van der Waals surface area contributed by atoms with Crippen LogP contribution in [0.15, 0.2) is 24.3 Å². The van der Waals surface area contributed by atoms with Crippen LogP contribution in [0.1, 0.15) is 24.8 Å². The number of nitrogens with two attached hydrogens (primary N) is 1. The zero-order chi connectivity index (χ0) is 12.1. The highest BCUT2D eigenvalue weighted by Crippen LogP contribution is 2.41. The fourth-order valence-electron chi connectivity index (χ4n) is 2.65. The third-order valence-corrected chi connectivity index (χ3v) is 4.39. The lowest BCUT2D eigenvalue weighted by atomic mass is 9.73. The molecule has 1 heterocycles. The van der Waals surface area contributed by atoms with Crippen molar-refractivity contribution in [2.24, 2.45) is 5.73 Å². The van der Waals surface area contributed by atoms with Crippen molar-refractivity contribution in [1.82, 2.24) is 0 Å². The maximum Gasteiger partial charge on any atom is 0.123 e. The molecule has 0 spiro atoms. The summed E-state index contributed by atoms with van der Waals surface area (Å²) in [5.41, 5.74) is 7.53. The molecule has 1 atom stereocenters. The molecule has 2 nitrogen and oxygen atoms in total. The predicted octanol–water partition coefficient (Wildman–Crippen LogP) is 2.81. The third kappa shape index (κ3) is 2.61. The standard InChI is InChI=1S/C14H21NOS/c1-17-10-4-7-14(11-15)8-9-16-13-6-3-2-5-12(13)14/h2-3,5-6H,4,7-11,15H2,1H3. The highest BCUT2D eigenvalue weighted by molar-refractivity contribution is 7.98. The summed E-state index contributed by atoms with van der Waals surface area (Å²) in [7, 11) is 0. The van der Waals surface area contributed by atoms with E-state index >= 15 is 0 Å². The molecule has 94 valence electrons. The molecule has 0 radical (unpaired) electrons. The molecule has 2 N–H and O–H groups in total. The quantitative estimate of drug-likeness (QED) is 0.817. The molecule has 1 aliphatic heterocycles. The molecule has 2 rings (SSSR count). The molecule has 0 fully saturated rings. The Morgan fingerprint density at radius 2 is 2.24 bits per heavy atom. The second-order valence-electron chi connectivity index (χ2n) is 4.68. The van der Waals surface area contributed by atoms with Gasteiger partial charge in [-0.2, -0.15) is 11.8 Å². The zero-order valence-corrected chi connectivity index (χ0v) is 11.3. The molecule has 0 bridgehead atoms. The topological polar surface area (TPSA) is 35.2 Å². The number of para-hydroxylation sites is 1. The fraction of sp³-hybridized carbons (Fsp3) is 0.571. The molecule has 1 unspecified atom stereocenters. The van der Waals surface area contributed by atoms with Gasteiger partial charge in [0.15, 0.2) is 0 Å². The van der Waals surface area contributed by atoms with Gasteiger partial charge in [-0.1, -0.05) is 18.2 Å². The van der Waals surface area contributed by atoms with E-state index < -0.39 is 0 Å². The minimum atomic E-state index is 0.143. The average molecular weight is 251 g/mol. The van der Waals surface area contributed by atoms with Gasteiger partial charge in [-0.3, -0.25) is 0 Å². The first-order valence-corrected chi connectivity index (χ1v) is 7.63. The van der Waals surface area contributed by atoms with Crippen LogP contribution in [0.3, 0.4) is 0 Å². The van der Waals surface area contributed by atoms with E-state index in [2.05, 4.69) is 24.5 Å². The molecule has 0 aliphatic carbocycles. The van der Waals surface area contributed by atoms with Gasteiger partial charge in [-0.15, -0.1) is 0 Å². The number of benzene rings is 1. The second kappa shape index (κ2) is 5.78. The van der Waals surface area contributed by atoms with Crippen LogP contribution in [0.25, 0.3) is 0 Å². The summed E-state index contributed by atoms with van der Waals surface area (Å²) in [6.07, 6.45) is 5.61. The van der Waals surface area contributed by atoms with Crippen LogP contribution >= 0.6 is 11.8 Å². The molecular weight excluding hydrogens is 230 g/mol. The van der Waals surface area contributed by atoms with E-state index in [4.69, 9.17) is 10.5 Å². The van der Waals surface area contributed by atoms with Crippen LogP contribution in [0.4, 0.5) is 0 Å². The Morgan fingerprint density at radius 3 is 3.00 bits per heavy atom. The Hall–Kier alpha value is -0.670. The van der Waals surface area contributed by atoms with Gasteiger partial charge in [0.05, 0.1) is 6.61 Å². The smallest absolute Gasteiger partial charge is 0.123 e. The van der Waals surface area contributed by atoms with Crippen LogP contribution in [0.5, 0.6) is 5.75 Å². The SMILES string of the molecule is CSCCCC1(CN)CCOc2ccccc21. The normalized spacial score (nSPS) is 22.9. The second-order valence-corrected chi connectivity index (χ2v) is 5.66. The summed E-state index contributed by atoms with van der Waals surface area (Å²) in [4.78, 5) is 0. The number of hydrogen-bond acceptors (Lipinski definition) is 3. The summed E-state index contributed by atoms with van der Waals surface area (Å²) in [5, 5.41) is 0. The van der Waals surface area contributed by atoms with Crippen LogP contribution < -0.4 is 10.5 Å². The van der Waals surface area contributed by atoms with Gasteiger partial charge in [0, 0.05) is 17.5 Å². The van der Waals surface area contributed by atoms with Crippen molar-refractivity contribution in [2.75, 3.05) is 25.2 Å². The van der Waals surface area contributed by atoms with Gasteiger partial charge in [-0.05, 0) is 37.3 Å². The van der Waals surface area contributed by atoms with Crippen LogP contribution in [-0.4, -0.2) is 25.2 Å². The summed E-state index contributed by atoms with van der Waals surface area (Å²) in [5.74, 6) is 2.25. The molecule has 17 heavy (non-hydrogen) atoms. The minimum Gasteiger partial charge on any atom is -0.493 e. The molecule has 0 aromatic heterocycles. The summed E-state index contributed by atoms with van der Waals surface area (Å²) in [6, 6.07) is 8.37. The van der Waals surface area contributed by atoms with Crippen molar-refractivity contribution >= 4 is 11.8 Å². The molecule has 1 aromatic rings. The van der Waals surface area contributed by atoms with E-state index in [1.54, 1.807) is 0 Å². The lowest BCUT2D eigenvalue weighted by Gasteiger charge is -2.38. The van der Waals surface area contributed by atoms with E-state index in [-0.39, 0.29) is 5.41 Å². The third-order valence-electron chi connectivity index (χ3n) is 3.69. The summed E-state index contributed by atoms with van der Waals surface area (Å²) < 4.78 is 5.73. The Kier molecular flexibility index (Phi) is 4.35. The monoisotopic (exact) mass is 251 g/mol. The Bertz CT molecular complexity index is 369. The minimum absolute atomic E-state index is 0.143. The van der Waals surface area contributed by atoms with E-state index in [0.29, 0.717) is 0 Å². The number of rotatable bonds is 5. The van der Waals surface area contributed by atoms with Crippen molar-refractivity contribution in [3.63, 3.8) is 0 Å². The van der Waals surface area contributed by atoms with Crippen LogP contribution in [0.2, 0.25) is 0 Å². The first-order valence-electron chi connectivity index (χ1n) is 6.24. The number of thioether (sulfide) groups is 1. The zero-order valence-electron chi connectivity index (χ0n) is 10.4. The van der Waals surface area contributed by atoms with E-state index in [9.17, 15) is 0 Å². The van der Waals surface area contributed by atoms with Crippen molar-refractivity contribution in [2.45, 2.75) is 24.7 Å². The summed E-state index contributed by atoms with van der Waals surface area (Å²) >= 11 is 1.91. The van der Waals surface area contributed by atoms with Crippen molar-refractivity contribution < 1.29 is 4.74 Å². The Labute approximate surface area is 108 Å². The number of fused-ring (bicyclic) bond motifs is 1. The van der Waals surface area contributed by atoms with Crippen molar-refractivity contribution in [1.29, 1.82) is 0 Å². The van der Waals surface area contributed by atoms with Gasteiger partial charge in [0.2, 0.25) is 0 Å². The van der Waals surface area contributed by atoms with Gasteiger partial charge >= 0.3 is 0 Å². The molecule has 0 saturated heterocycles. The first-order chi connectivity index (χ1) is 8.32. The highest BCUT2D eigenvalue weighted by atomic mass is 32.2. The molecule has 0 amide bonds. The average Bonchev–Trinajstić information content (AvgIpc) is 2.39. The fourth-order valence-corrected chi connectivity index (χ4v) is 3.08. The van der Waals surface area contributed by atoms with Gasteiger partial charge < -0.3 is 10.5 Å². The van der Waals surface area contributed by atoms with Crippen LogP contribution in [0, 0.1) is 0 Å². The molecule has 0 saturated carbocycles. The Morgan fingerprint density at radius 1 is 1.41 bits per heavy atom. The molecular formula is C14H21NOS. The van der Waals surface area contributed by atoms with Crippen LogP contribution in [-0.2, 0) is 5.41 Å². The first kappa shape index (κ1) is 12.8. The van der Waals surface area contributed by atoms with E-state index in [1.165, 1.54) is 24.2 Å². The molecule has 1 aromatic carbocycles. The maximum absolute atomic E-state index is 6.07. The van der Waals surface area contributed by atoms with Crippen molar-refractivity contribution in [3.8, 4) is 5.75 Å². The van der Waals surface area contributed by atoms with E-state index in [1.807, 2.05) is 17.8 Å². The highest BCUT2D eigenvalue weighted by Gasteiger charge is 2.35. The maximum atomic E-state index is 6.07. The summed E-state index contributed by atoms with van der Waals surface area (Å²) in [6.45, 7) is 1.52. The van der Waals surface area contributed by atoms with Gasteiger partial charge in [0.25, 0.3) is 0 Å². The number of hydrogen-bond donors (Lipinski definition) is 1. The lowest BCUT2D eigenvalue weighted by molar-refractivity contribution is 0.208. The van der Waals surface area contributed by atoms with Gasteiger partial charge in [0.1, 0.15) is 5.75 Å². The van der Waals surface area contributed by atoms with Gasteiger partial charge in [-0.25, -0.2) is 0 Å². The van der Waals surface area contributed by atoms with E-state index in [0.717, 1.165) is 25.3 Å². The van der Waals surface area contributed by atoms with Crippen molar-refractivity contribution in [3.05, 3.63) is 29.8 Å². The molecule has 3 heteroatoms. The Balaban J connectivity index is 2.22. The predicted molar refractivity (Wildman–Crippen MR) is 74.9 cm³/mol.